The molecule has 20 heavy (non-hydrogen) atoms. The summed E-state index contributed by atoms with van der Waals surface area (Å²) in [6, 6.07) is 10.1. The summed E-state index contributed by atoms with van der Waals surface area (Å²) in [7, 11) is 0. The van der Waals surface area contributed by atoms with Crippen LogP contribution in [-0.2, 0) is 0 Å². The Hall–Kier alpha value is -1.88. The smallest absolute Gasteiger partial charge is 0.229 e. The summed E-state index contributed by atoms with van der Waals surface area (Å²) in [6.07, 6.45) is 5.93. The largest absolute Gasteiger partial charge is 0.336 e. The van der Waals surface area contributed by atoms with E-state index in [1.54, 1.807) is 4.68 Å². The first-order chi connectivity index (χ1) is 9.84. The number of hydrogen-bond acceptors (Lipinski definition) is 4. The molecule has 2 N–H and O–H groups in total. The lowest BCUT2D eigenvalue weighted by Gasteiger charge is -2.09. The average Bonchev–Trinajstić information content (AvgIpc) is 2.88. The maximum atomic E-state index is 6.12. The van der Waals surface area contributed by atoms with Crippen LogP contribution in [0, 0.1) is 0 Å². The molecular formula is C15H18N4S. The minimum Gasteiger partial charge on any atom is -0.336 e. The highest BCUT2D eigenvalue weighted by atomic mass is 32.1. The third kappa shape index (κ3) is 2.82. The summed E-state index contributed by atoms with van der Waals surface area (Å²) < 4.78 is 1.62. The number of hydrogen-bond donors (Lipinski definition) is 1. The predicted molar refractivity (Wildman–Crippen MR) is 84.0 cm³/mol. The van der Waals surface area contributed by atoms with Crippen LogP contribution in [0.3, 0.4) is 0 Å². The Morgan fingerprint density at radius 3 is 2.50 bits per heavy atom. The monoisotopic (exact) mass is 286 g/mol. The summed E-state index contributed by atoms with van der Waals surface area (Å²) in [5.41, 5.74) is 3.27. The van der Waals surface area contributed by atoms with Crippen LogP contribution in [0.1, 0.15) is 32.1 Å². The fraction of sp³-hybridized carbons (Fsp3) is 0.333. The lowest BCUT2D eigenvalue weighted by atomic mass is 9.99. The fourth-order valence-electron chi connectivity index (χ4n) is 2.39. The Morgan fingerprint density at radius 2 is 1.75 bits per heavy atom. The third-order valence-electron chi connectivity index (χ3n) is 3.52. The maximum Gasteiger partial charge on any atom is 0.229 e. The number of thiazole rings is 1. The molecule has 3 rings (SSSR count). The Kier molecular flexibility index (Phi) is 3.97. The Morgan fingerprint density at radius 1 is 1.00 bits per heavy atom. The van der Waals surface area contributed by atoms with E-state index in [1.165, 1.54) is 36.3 Å². The van der Waals surface area contributed by atoms with Gasteiger partial charge in [0.25, 0.3) is 0 Å². The van der Waals surface area contributed by atoms with E-state index < -0.39 is 0 Å². The van der Waals surface area contributed by atoms with Gasteiger partial charge in [0.05, 0.1) is 5.69 Å². The normalized spacial score (nSPS) is 16.4. The second-order valence-electron chi connectivity index (χ2n) is 4.97. The molecule has 1 aromatic carbocycles. The molecule has 0 spiro atoms. The van der Waals surface area contributed by atoms with Crippen LogP contribution in [0.2, 0.25) is 0 Å². The topological polar surface area (TPSA) is 55.7 Å². The highest BCUT2D eigenvalue weighted by Gasteiger charge is 2.07. The highest BCUT2D eigenvalue weighted by Crippen LogP contribution is 2.18. The van der Waals surface area contributed by atoms with E-state index in [0.29, 0.717) is 0 Å². The molecule has 0 aliphatic heterocycles. The summed E-state index contributed by atoms with van der Waals surface area (Å²) in [5, 5.41) is 10.7. The molecule has 0 atom stereocenters. The van der Waals surface area contributed by atoms with Gasteiger partial charge >= 0.3 is 0 Å². The van der Waals surface area contributed by atoms with Crippen molar-refractivity contribution < 1.29 is 0 Å². The van der Waals surface area contributed by atoms with E-state index in [0.717, 1.165) is 28.9 Å². The van der Waals surface area contributed by atoms with Gasteiger partial charge in [0.1, 0.15) is 0 Å². The fourth-order valence-corrected chi connectivity index (χ4v) is 3.15. The van der Waals surface area contributed by atoms with Crippen molar-refractivity contribution >= 4 is 17.0 Å². The van der Waals surface area contributed by atoms with Gasteiger partial charge in [-0.15, -0.1) is 16.4 Å². The predicted octanol–water partition coefficient (Wildman–Crippen LogP) is 3.15. The molecule has 1 fully saturated rings. The Bertz CT molecular complexity index is 659. The van der Waals surface area contributed by atoms with Gasteiger partial charge in [-0.05, 0) is 25.7 Å². The molecule has 1 aliphatic rings. The van der Waals surface area contributed by atoms with Crippen LogP contribution in [0.15, 0.2) is 45.9 Å². The molecule has 5 heteroatoms. The number of rotatable bonds is 2. The number of nitrogens with two attached hydrogens (primary N) is 1. The molecule has 2 aromatic rings. The van der Waals surface area contributed by atoms with Gasteiger partial charge in [-0.1, -0.05) is 36.8 Å². The van der Waals surface area contributed by atoms with Gasteiger partial charge < -0.3 is 5.84 Å². The molecule has 0 saturated heterocycles. The van der Waals surface area contributed by atoms with Crippen LogP contribution >= 0.6 is 11.3 Å². The Balaban J connectivity index is 1.90. The van der Waals surface area contributed by atoms with Crippen molar-refractivity contribution in [2.45, 2.75) is 32.1 Å². The first kappa shape index (κ1) is 13.1. The zero-order valence-corrected chi connectivity index (χ0v) is 12.1. The maximum absolute atomic E-state index is 6.12. The quantitative estimate of drug-likeness (QED) is 0.669. The van der Waals surface area contributed by atoms with Crippen molar-refractivity contribution in [3.8, 4) is 11.3 Å². The van der Waals surface area contributed by atoms with Crippen LogP contribution in [0.25, 0.3) is 11.3 Å². The first-order valence-electron chi connectivity index (χ1n) is 6.95. The second-order valence-corrected chi connectivity index (χ2v) is 5.80. The van der Waals surface area contributed by atoms with Crippen molar-refractivity contribution in [1.29, 1.82) is 0 Å². The summed E-state index contributed by atoms with van der Waals surface area (Å²) >= 11 is 1.52. The van der Waals surface area contributed by atoms with Crippen LogP contribution in [-0.4, -0.2) is 10.4 Å². The van der Waals surface area contributed by atoms with Crippen molar-refractivity contribution in [2.75, 3.05) is 5.84 Å². The summed E-state index contributed by atoms with van der Waals surface area (Å²) in [4.78, 5) is 0.738. The standard InChI is InChI=1S/C15H18N4S/c16-19-14(12-7-3-1-4-8-12)11-20-15(19)18-17-13-9-5-2-6-10-13/h1,3-4,7-8,11H,2,5-6,9-10,16H2/b18-15-. The lowest BCUT2D eigenvalue weighted by molar-refractivity contribution is 0.663. The van der Waals surface area contributed by atoms with Crippen LogP contribution in [0.4, 0.5) is 0 Å². The molecule has 104 valence electrons. The average molecular weight is 286 g/mol. The molecular weight excluding hydrogens is 268 g/mol. The third-order valence-corrected chi connectivity index (χ3v) is 4.35. The first-order valence-corrected chi connectivity index (χ1v) is 7.83. The molecule has 4 nitrogen and oxygen atoms in total. The Labute approximate surface area is 122 Å². The summed E-state index contributed by atoms with van der Waals surface area (Å²) in [5.74, 6) is 6.12. The van der Waals surface area contributed by atoms with Gasteiger partial charge in [0.15, 0.2) is 0 Å². The lowest BCUT2D eigenvalue weighted by Crippen LogP contribution is -2.23. The molecule has 1 aromatic heterocycles. The molecule has 1 heterocycles. The minimum absolute atomic E-state index is 0.738. The van der Waals surface area contributed by atoms with Crippen molar-refractivity contribution in [3.05, 3.63) is 40.5 Å². The van der Waals surface area contributed by atoms with Crippen LogP contribution in [0.5, 0.6) is 0 Å². The molecule has 0 unspecified atom stereocenters. The van der Waals surface area contributed by atoms with E-state index in [2.05, 4.69) is 10.2 Å². The zero-order valence-electron chi connectivity index (χ0n) is 11.3. The van der Waals surface area contributed by atoms with E-state index in [4.69, 9.17) is 5.84 Å². The van der Waals surface area contributed by atoms with Gasteiger partial charge in [-0.2, -0.15) is 5.10 Å². The van der Waals surface area contributed by atoms with Crippen LogP contribution < -0.4 is 10.6 Å². The van der Waals surface area contributed by atoms with Gasteiger partial charge in [-0.25, -0.2) is 4.68 Å². The number of nitrogen functional groups attached to an aromatic ring is 1. The summed E-state index contributed by atoms with van der Waals surface area (Å²) in [6.45, 7) is 0. The molecule has 0 amide bonds. The molecule has 1 saturated carbocycles. The van der Waals surface area contributed by atoms with Gasteiger partial charge in [0.2, 0.25) is 4.80 Å². The van der Waals surface area contributed by atoms with E-state index in [9.17, 15) is 0 Å². The van der Waals surface area contributed by atoms with Crippen molar-refractivity contribution in [3.63, 3.8) is 0 Å². The second kappa shape index (κ2) is 6.05. The molecule has 1 aliphatic carbocycles. The minimum atomic E-state index is 0.738. The number of benzene rings is 1. The van der Waals surface area contributed by atoms with E-state index in [1.807, 2.05) is 35.7 Å². The number of nitrogens with zero attached hydrogens (tertiary/aromatic N) is 3. The number of aromatic nitrogens is 1. The van der Waals surface area contributed by atoms with Gasteiger partial charge in [-0.3, -0.25) is 0 Å². The van der Waals surface area contributed by atoms with Crippen molar-refractivity contribution in [1.82, 2.24) is 4.68 Å². The van der Waals surface area contributed by atoms with Crippen molar-refractivity contribution in [2.24, 2.45) is 10.2 Å². The zero-order chi connectivity index (χ0) is 13.8. The SMILES string of the molecule is Nn1c(-c2ccccc2)cs/c1=N\N=C1CCCCC1. The highest BCUT2D eigenvalue weighted by molar-refractivity contribution is 7.07. The molecule has 0 radical (unpaired) electrons. The van der Waals surface area contributed by atoms with Gasteiger partial charge in [0, 0.05) is 16.7 Å². The van der Waals surface area contributed by atoms with E-state index in [-0.39, 0.29) is 0 Å². The molecule has 0 bridgehead atoms. The van der Waals surface area contributed by atoms with E-state index >= 15 is 0 Å².